The highest BCUT2D eigenvalue weighted by molar-refractivity contribution is 7.99. The van der Waals surface area contributed by atoms with Crippen molar-refractivity contribution < 1.29 is 0 Å². The molecule has 0 saturated heterocycles. The summed E-state index contributed by atoms with van der Waals surface area (Å²) in [4.78, 5) is 6.40. The maximum Gasteiger partial charge on any atom is 0.144 e. The lowest BCUT2D eigenvalue weighted by Gasteiger charge is -2.45. The number of pyridine rings is 1. The minimum atomic E-state index is 0.108. The fraction of sp³-hybridized carbons (Fsp3) is 0.560. The van der Waals surface area contributed by atoms with Gasteiger partial charge in [0.05, 0.1) is 10.6 Å². The topological polar surface area (TPSA) is 38.9 Å². The summed E-state index contributed by atoms with van der Waals surface area (Å²) in [6.45, 7) is 18.8. The zero-order chi connectivity index (χ0) is 21.8. The van der Waals surface area contributed by atoms with Crippen LogP contribution in [0.5, 0.6) is 0 Å². The van der Waals surface area contributed by atoms with E-state index in [2.05, 4.69) is 66.4 Å². The van der Waals surface area contributed by atoms with Crippen LogP contribution in [-0.4, -0.2) is 4.98 Å². The van der Waals surface area contributed by atoms with E-state index in [0.29, 0.717) is 10.8 Å². The van der Waals surface area contributed by atoms with Gasteiger partial charge in [0.15, 0.2) is 0 Å². The Hall–Kier alpha value is -1.19. The van der Waals surface area contributed by atoms with Crippen LogP contribution in [0.2, 0.25) is 5.15 Å². The van der Waals surface area contributed by atoms with Crippen molar-refractivity contribution in [2.24, 2.45) is 5.41 Å². The van der Waals surface area contributed by atoms with Crippen LogP contribution >= 0.6 is 23.4 Å². The summed E-state index contributed by atoms with van der Waals surface area (Å²) in [5.41, 5.74) is 13.4. The molecule has 0 amide bonds. The third kappa shape index (κ3) is 4.46. The van der Waals surface area contributed by atoms with E-state index in [1.165, 1.54) is 34.4 Å². The molecule has 158 valence electrons. The first kappa shape index (κ1) is 22.5. The summed E-state index contributed by atoms with van der Waals surface area (Å²) in [5.74, 6) is 0. The van der Waals surface area contributed by atoms with E-state index in [4.69, 9.17) is 17.3 Å². The number of aryl methyl sites for hydroxylation is 1. The van der Waals surface area contributed by atoms with E-state index in [9.17, 15) is 0 Å². The number of nitrogen functional groups attached to an aromatic ring is 1. The van der Waals surface area contributed by atoms with E-state index in [0.717, 1.165) is 11.3 Å². The summed E-state index contributed by atoms with van der Waals surface area (Å²) >= 11 is 8.12. The maximum atomic E-state index is 6.44. The first-order valence-corrected chi connectivity index (χ1v) is 11.7. The molecule has 0 atom stereocenters. The Morgan fingerprint density at radius 3 is 2.24 bits per heavy atom. The lowest BCUT2D eigenvalue weighted by atomic mass is 9.60. The lowest BCUT2D eigenvalue weighted by Crippen LogP contribution is -2.36. The van der Waals surface area contributed by atoms with Gasteiger partial charge in [0, 0.05) is 11.1 Å². The van der Waals surface area contributed by atoms with Crippen LogP contribution < -0.4 is 5.73 Å². The van der Waals surface area contributed by atoms with Crippen molar-refractivity contribution in [2.45, 2.75) is 95.3 Å². The van der Waals surface area contributed by atoms with Crippen molar-refractivity contribution in [3.63, 3.8) is 0 Å². The maximum absolute atomic E-state index is 6.44. The number of nitrogens with zero attached hydrogens (tertiary/aromatic N) is 1. The number of hydrogen-bond acceptors (Lipinski definition) is 3. The normalized spacial score (nSPS) is 17.8. The molecule has 29 heavy (non-hydrogen) atoms. The average Bonchev–Trinajstić information content (AvgIpc) is 2.56. The van der Waals surface area contributed by atoms with Gasteiger partial charge in [-0.05, 0) is 76.8 Å². The van der Waals surface area contributed by atoms with Gasteiger partial charge in [0.2, 0.25) is 0 Å². The minimum absolute atomic E-state index is 0.108. The number of fused-ring (bicyclic) bond motifs is 1. The highest BCUT2D eigenvalue weighted by Crippen LogP contribution is 2.53. The van der Waals surface area contributed by atoms with Crippen molar-refractivity contribution in [2.75, 3.05) is 5.73 Å². The monoisotopic (exact) mass is 430 g/mol. The van der Waals surface area contributed by atoms with Crippen LogP contribution in [0.15, 0.2) is 28.1 Å². The molecule has 0 unspecified atom stereocenters. The lowest BCUT2D eigenvalue weighted by molar-refractivity contribution is 0.318. The highest BCUT2D eigenvalue weighted by atomic mass is 35.5. The van der Waals surface area contributed by atoms with Gasteiger partial charge in [-0.15, -0.1) is 0 Å². The summed E-state index contributed by atoms with van der Waals surface area (Å²) in [5, 5.41) is 0.480. The quantitative estimate of drug-likeness (QED) is 0.506. The average molecular weight is 431 g/mol. The predicted octanol–water partition coefficient (Wildman–Crippen LogP) is 7.71. The number of hydrogen-bond donors (Lipinski definition) is 1. The standard InChI is InChI=1S/C25H35ClN2S/c1-15-13-18(29-21-17(27)9-12-28-22(21)26)20-19(16(15)14-23(2,3)4)24(5,6)10-11-25(20,7)8/h9,12-13H,10-11,14H2,1-8H3,(H2,27,28). The molecule has 1 aromatic carbocycles. The molecule has 1 aromatic heterocycles. The van der Waals surface area contributed by atoms with Crippen LogP contribution in [0.4, 0.5) is 5.69 Å². The zero-order valence-electron chi connectivity index (χ0n) is 19.2. The molecule has 1 aliphatic carbocycles. The van der Waals surface area contributed by atoms with Crippen molar-refractivity contribution in [1.29, 1.82) is 0 Å². The second-order valence-corrected chi connectivity index (χ2v) is 12.5. The smallest absolute Gasteiger partial charge is 0.144 e. The molecular formula is C25H35ClN2S. The summed E-state index contributed by atoms with van der Waals surface area (Å²) in [6.07, 6.45) is 5.13. The van der Waals surface area contributed by atoms with Gasteiger partial charge < -0.3 is 5.73 Å². The Morgan fingerprint density at radius 1 is 1.10 bits per heavy atom. The molecule has 2 aromatic rings. The third-order valence-corrected chi connectivity index (χ3v) is 7.73. The van der Waals surface area contributed by atoms with Crippen molar-refractivity contribution >= 4 is 29.1 Å². The van der Waals surface area contributed by atoms with E-state index in [1.807, 2.05) is 6.07 Å². The summed E-state index contributed by atoms with van der Waals surface area (Å²) in [7, 11) is 0. The van der Waals surface area contributed by atoms with Gasteiger partial charge in [-0.3, -0.25) is 0 Å². The van der Waals surface area contributed by atoms with Gasteiger partial charge in [0.1, 0.15) is 5.15 Å². The number of benzene rings is 1. The molecule has 3 rings (SSSR count). The molecule has 1 aliphatic rings. The van der Waals surface area contributed by atoms with E-state index >= 15 is 0 Å². The van der Waals surface area contributed by atoms with E-state index < -0.39 is 0 Å². The van der Waals surface area contributed by atoms with Gasteiger partial charge in [-0.1, -0.05) is 71.8 Å². The second kappa shape index (κ2) is 7.50. The van der Waals surface area contributed by atoms with Gasteiger partial charge in [0.25, 0.3) is 0 Å². The minimum Gasteiger partial charge on any atom is -0.398 e. The van der Waals surface area contributed by atoms with Crippen molar-refractivity contribution in [3.8, 4) is 0 Å². The molecule has 0 fully saturated rings. The number of halogens is 1. The first-order chi connectivity index (χ1) is 13.2. The molecule has 0 saturated carbocycles. The van der Waals surface area contributed by atoms with E-state index in [-0.39, 0.29) is 16.2 Å². The highest BCUT2D eigenvalue weighted by Gasteiger charge is 2.41. The van der Waals surface area contributed by atoms with Crippen LogP contribution in [0.1, 0.15) is 83.6 Å². The van der Waals surface area contributed by atoms with Crippen molar-refractivity contribution in [1.82, 2.24) is 4.98 Å². The first-order valence-electron chi connectivity index (χ1n) is 10.5. The Morgan fingerprint density at radius 2 is 1.69 bits per heavy atom. The van der Waals surface area contributed by atoms with Gasteiger partial charge >= 0.3 is 0 Å². The molecule has 0 radical (unpaired) electrons. The largest absolute Gasteiger partial charge is 0.398 e. The molecule has 0 spiro atoms. The number of nitrogens with two attached hydrogens (primary N) is 1. The Balaban J connectivity index is 2.30. The fourth-order valence-corrected chi connectivity index (χ4v) is 6.15. The SMILES string of the molecule is Cc1cc(Sc2c(N)ccnc2Cl)c2c(c1CC(C)(C)C)C(C)(C)CCC2(C)C. The number of rotatable bonds is 3. The molecule has 4 heteroatoms. The molecule has 0 bridgehead atoms. The molecule has 1 heterocycles. The fourth-order valence-electron chi connectivity index (χ4n) is 4.61. The molecule has 0 aliphatic heterocycles. The molecule has 2 N–H and O–H groups in total. The van der Waals surface area contributed by atoms with Gasteiger partial charge in [-0.2, -0.15) is 0 Å². The zero-order valence-corrected chi connectivity index (χ0v) is 20.7. The second-order valence-electron chi connectivity index (χ2n) is 11.0. The summed E-state index contributed by atoms with van der Waals surface area (Å²) in [6, 6.07) is 4.19. The third-order valence-electron chi connectivity index (χ3n) is 6.16. The molecular weight excluding hydrogens is 396 g/mol. The molecule has 2 nitrogen and oxygen atoms in total. The van der Waals surface area contributed by atoms with E-state index in [1.54, 1.807) is 23.5 Å². The van der Waals surface area contributed by atoms with Crippen LogP contribution in [0, 0.1) is 12.3 Å². The van der Waals surface area contributed by atoms with Gasteiger partial charge in [-0.25, -0.2) is 4.98 Å². The Kier molecular flexibility index (Phi) is 5.81. The van der Waals surface area contributed by atoms with Crippen LogP contribution in [-0.2, 0) is 17.3 Å². The Labute approximate surface area is 186 Å². The Bertz CT molecular complexity index is 919. The van der Waals surface area contributed by atoms with Crippen LogP contribution in [0.25, 0.3) is 0 Å². The van der Waals surface area contributed by atoms with Crippen LogP contribution in [0.3, 0.4) is 0 Å². The van der Waals surface area contributed by atoms with Crippen molar-refractivity contribution in [3.05, 3.63) is 45.7 Å². The predicted molar refractivity (Wildman–Crippen MR) is 127 cm³/mol. The number of aromatic nitrogens is 1. The number of anilines is 1. The summed E-state index contributed by atoms with van der Waals surface area (Å²) < 4.78 is 0.